The average molecular weight is 265 g/mol. The molecule has 1 saturated heterocycles. The monoisotopic (exact) mass is 265 g/mol. The number of carbonyl (C=O) groups excluding carboxylic acids is 1. The van der Waals surface area contributed by atoms with Gasteiger partial charge in [-0.25, -0.2) is 0 Å². The summed E-state index contributed by atoms with van der Waals surface area (Å²) in [5, 5.41) is 9.11. The predicted molar refractivity (Wildman–Crippen MR) is 69.6 cm³/mol. The van der Waals surface area contributed by atoms with E-state index in [1.807, 2.05) is 30.3 Å². The van der Waals surface area contributed by atoms with Crippen LogP contribution in [0.3, 0.4) is 0 Å². The molecule has 1 aromatic carbocycles. The summed E-state index contributed by atoms with van der Waals surface area (Å²) in [4.78, 5) is 14.1. The van der Waals surface area contributed by atoms with Gasteiger partial charge in [-0.05, 0) is 5.56 Å². The van der Waals surface area contributed by atoms with Gasteiger partial charge in [0.2, 0.25) is 0 Å². The van der Waals surface area contributed by atoms with Gasteiger partial charge in [-0.15, -0.1) is 0 Å². The zero-order valence-corrected chi connectivity index (χ0v) is 11.0. The number of aliphatic hydroxyl groups excluding tert-OH is 1. The molecule has 1 N–H and O–H groups in total. The maximum Gasteiger partial charge on any atom is 0.256 e. The molecule has 0 saturated carbocycles. The van der Waals surface area contributed by atoms with Crippen molar-refractivity contribution in [2.24, 2.45) is 0 Å². The molecule has 1 fully saturated rings. The molecular formula is C14H19NO4. The summed E-state index contributed by atoms with van der Waals surface area (Å²) < 4.78 is 10.7. The molecule has 5 heteroatoms. The Labute approximate surface area is 112 Å². The van der Waals surface area contributed by atoms with E-state index >= 15 is 0 Å². The van der Waals surface area contributed by atoms with Crippen LogP contribution in [0.25, 0.3) is 0 Å². The van der Waals surface area contributed by atoms with Crippen molar-refractivity contribution in [3.63, 3.8) is 0 Å². The number of benzene rings is 1. The summed E-state index contributed by atoms with van der Waals surface area (Å²) in [6.07, 6.45) is -0.898. The number of nitrogens with zero attached hydrogens (tertiary/aromatic N) is 1. The minimum Gasteiger partial charge on any atom is -0.394 e. The van der Waals surface area contributed by atoms with Gasteiger partial charge >= 0.3 is 0 Å². The Morgan fingerprint density at radius 3 is 2.89 bits per heavy atom. The molecule has 1 aliphatic rings. The molecule has 0 spiro atoms. The van der Waals surface area contributed by atoms with Gasteiger partial charge in [0.25, 0.3) is 5.91 Å². The Hall–Kier alpha value is -1.43. The van der Waals surface area contributed by atoms with Gasteiger partial charge in [0.1, 0.15) is 0 Å². The third kappa shape index (κ3) is 3.32. The fraction of sp³-hybridized carbons (Fsp3) is 0.500. The van der Waals surface area contributed by atoms with Gasteiger partial charge in [0.15, 0.2) is 6.10 Å². The standard InChI is InChI=1S/C14H19NO4/c1-18-13(11-5-3-2-4-6-11)14(17)15-7-8-19-12(9-15)10-16/h2-6,12-13,16H,7-10H2,1H3. The molecular weight excluding hydrogens is 246 g/mol. The van der Waals surface area contributed by atoms with Crippen molar-refractivity contribution < 1.29 is 19.4 Å². The first-order valence-electron chi connectivity index (χ1n) is 6.35. The summed E-state index contributed by atoms with van der Waals surface area (Å²) in [7, 11) is 1.53. The van der Waals surface area contributed by atoms with Gasteiger partial charge in [0, 0.05) is 20.2 Å². The van der Waals surface area contributed by atoms with Crippen LogP contribution >= 0.6 is 0 Å². The first-order valence-corrected chi connectivity index (χ1v) is 6.35. The Morgan fingerprint density at radius 1 is 1.53 bits per heavy atom. The molecule has 0 bridgehead atoms. The quantitative estimate of drug-likeness (QED) is 0.866. The first-order chi connectivity index (χ1) is 9.26. The second-order valence-electron chi connectivity index (χ2n) is 4.49. The minimum absolute atomic E-state index is 0.0766. The molecule has 1 heterocycles. The fourth-order valence-corrected chi connectivity index (χ4v) is 2.20. The van der Waals surface area contributed by atoms with Crippen molar-refractivity contribution in [2.45, 2.75) is 12.2 Å². The van der Waals surface area contributed by atoms with Crippen LogP contribution in [0.4, 0.5) is 0 Å². The summed E-state index contributed by atoms with van der Waals surface area (Å²) in [5.41, 5.74) is 0.835. The number of rotatable bonds is 4. The van der Waals surface area contributed by atoms with E-state index in [0.29, 0.717) is 19.7 Å². The number of aliphatic hydroxyl groups is 1. The van der Waals surface area contributed by atoms with Crippen molar-refractivity contribution in [3.05, 3.63) is 35.9 Å². The van der Waals surface area contributed by atoms with Crippen molar-refractivity contribution >= 4 is 5.91 Å². The molecule has 5 nitrogen and oxygen atoms in total. The lowest BCUT2D eigenvalue weighted by atomic mass is 10.1. The SMILES string of the molecule is COC(C(=O)N1CCOC(CO)C1)c1ccccc1. The number of methoxy groups -OCH3 is 1. The van der Waals surface area contributed by atoms with Crippen LogP contribution in [0, 0.1) is 0 Å². The molecule has 1 amide bonds. The van der Waals surface area contributed by atoms with Crippen molar-refractivity contribution in [1.29, 1.82) is 0 Å². The normalized spacial score (nSPS) is 21.2. The zero-order valence-electron chi connectivity index (χ0n) is 11.0. The second kappa shape index (κ2) is 6.65. The Balaban J connectivity index is 2.08. The highest BCUT2D eigenvalue weighted by molar-refractivity contribution is 5.82. The molecule has 2 rings (SSSR count). The average Bonchev–Trinajstić information content (AvgIpc) is 2.49. The van der Waals surface area contributed by atoms with E-state index < -0.39 is 6.10 Å². The summed E-state index contributed by atoms with van der Waals surface area (Å²) >= 11 is 0. The Bertz CT molecular complexity index is 409. The molecule has 104 valence electrons. The second-order valence-corrected chi connectivity index (χ2v) is 4.49. The van der Waals surface area contributed by atoms with E-state index in [-0.39, 0.29) is 18.6 Å². The lowest BCUT2D eigenvalue weighted by Gasteiger charge is -2.34. The number of morpholine rings is 1. The van der Waals surface area contributed by atoms with E-state index in [1.165, 1.54) is 7.11 Å². The molecule has 0 aromatic heterocycles. The summed E-state index contributed by atoms with van der Waals surface area (Å²) in [5.74, 6) is -0.0875. The van der Waals surface area contributed by atoms with Gasteiger partial charge in [-0.2, -0.15) is 0 Å². The van der Waals surface area contributed by atoms with E-state index in [4.69, 9.17) is 14.6 Å². The van der Waals surface area contributed by atoms with Gasteiger partial charge in [-0.3, -0.25) is 4.79 Å². The van der Waals surface area contributed by atoms with Crippen LogP contribution in [0.15, 0.2) is 30.3 Å². The van der Waals surface area contributed by atoms with Crippen LogP contribution in [0.2, 0.25) is 0 Å². The third-order valence-electron chi connectivity index (χ3n) is 3.22. The highest BCUT2D eigenvalue weighted by atomic mass is 16.5. The number of hydrogen-bond acceptors (Lipinski definition) is 4. The number of amides is 1. The van der Waals surface area contributed by atoms with Crippen LogP contribution < -0.4 is 0 Å². The molecule has 19 heavy (non-hydrogen) atoms. The van der Waals surface area contributed by atoms with Gasteiger partial charge < -0.3 is 19.5 Å². The molecule has 2 atom stereocenters. The lowest BCUT2D eigenvalue weighted by Crippen LogP contribution is -2.48. The highest BCUT2D eigenvalue weighted by Gasteiger charge is 2.29. The van der Waals surface area contributed by atoms with Crippen molar-refractivity contribution in [2.75, 3.05) is 33.4 Å². The smallest absolute Gasteiger partial charge is 0.256 e. The maximum atomic E-state index is 12.5. The topological polar surface area (TPSA) is 59.0 Å². The molecule has 0 radical (unpaired) electrons. The van der Waals surface area contributed by atoms with Gasteiger partial charge in [-0.1, -0.05) is 30.3 Å². The Morgan fingerprint density at radius 2 is 2.26 bits per heavy atom. The van der Waals surface area contributed by atoms with E-state index in [1.54, 1.807) is 4.90 Å². The van der Waals surface area contributed by atoms with E-state index in [2.05, 4.69) is 0 Å². The van der Waals surface area contributed by atoms with Crippen LogP contribution in [-0.2, 0) is 14.3 Å². The van der Waals surface area contributed by atoms with E-state index in [9.17, 15) is 4.79 Å². The lowest BCUT2D eigenvalue weighted by molar-refractivity contribution is -0.151. The van der Waals surface area contributed by atoms with Crippen LogP contribution in [-0.4, -0.2) is 55.4 Å². The highest BCUT2D eigenvalue weighted by Crippen LogP contribution is 2.20. The summed E-state index contributed by atoms with van der Waals surface area (Å²) in [6.45, 7) is 1.30. The van der Waals surface area contributed by atoms with Crippen LogP contribution in [0.1, 0.15) is 11.7 Å². The van der Waals surface area contributed by atoms with Gasteiger partial charge in [0.05, 0.1) is 19.3 Å². The first kappa shape index (κ1) is 14.0. The Kier molecular flexibility index (Phi) is 4.90. The van der Waals surface area contributed by atoms with Crippen molar-refractivity contribution in [3.8, 4) is 0 Å². The molecule has 0 aliphatic carbocycles. The largest absolute Gasteiger partial charge is 0.394 e. The molecule has 1 aromatic rings. The molecule has 1 aliphatic heterocycles. The summed E-state index contributed by atoms with van der Waals surface area (Å²) in [6, 6.07) is 9.40. The fourth-order valence-electron chi connectivity index (χ4n) is 2.20. The third-order valence-corrected chi connectivity index (χ3v) is 3.22. The zero-order chi connectivity index (χ0) is 13.7. The number of hydrogen-bond donors (Lipinski definition) is 1. The number of ether oxygens (including phenoxy) is 2. The molecule has 2 unspecified atom stereocenters. The van der Waals surface area contributed by atoms with Crippen LogP contribution in [0.5, 0.6) is 0 Å². The predicted octanol–water partition coefficient (Wildman–Crippen LogP) is 0.594. The minimum atomic E-state index is -0.598. The van der Waals surface area contributed by atoms with Crippen molar-refractivity contribution in [1.82, 2.24) is 4.90 Å². The number of carbonyl (C=O) groups is 1. The van der Waals surface area contributed by atoms with E-state index in [0.717, 1.165) is 5.56 Å². The maximum absolute atomic E-state index is 12.5.